The van der Waals surface area contributed by atoms with E-state index in [2.05, 4.69) is 17.0 Å². The molecule has 2 bridgehead atoms. The summed E-state index contributed by atoms with van der Waals surface area (Å²) < 4.78 is 5.24. The largest absolute Gasteiger partial charge is 0.497 e. The molecule has 3 heteroatoms. The van der Waals surface area contributed by atoms with Gasteiger partial charge in [-0.2, -0.15) is 0 Å². The predicted molar refractivity (Wildman–Crippen MR) is 85.6 cm³/mol. The first-order valence-electron chi connectivity index (χ1n) is 8.70. The quantitative estimate of drug-likeness (QED) is 0.849. The van der Waals surface area contributed by atoms with Crippen LogP contribution in [0.3, 0.4) is 0 Å². The van der Waals surface area contributed by atoms with E-state index in [4.69, 9.17) is 4.74 Å². The van der Waals surface area contributed by atoms with Crippen molar-refractivity contribution in [2.75, 3.05) is 13.7 Å². The van der Waals surface area contributed by atoms with Gasteiger partial charge in [0.1, 0.15) is 5.75 Å². The lowest BCUT2D eigenvalue weighted by molar-refractivity contribution is -0.138. The number of benzene rings is 1. The van der Waals surface area contributed by atoms with Crippen molar-refractivity contribution in [2.45, 2.75) is 44.6 Å². The Morgan fingerprint density at radius 2 is 1.95 bits per heavy atom. The molecule has 1 aromatic carbocycles. The van der Waals surface area contributed by atoms with E-state index in [1.165, 1.54) is 24.8 Å². The van der Waals surface area contributed by atoms with Crippen molar-refractivity contribution >= 4 is 5.91 Å². The minimum absolute atomic E-state index is 0.275. The molecule has 0 radical (unpaired) electrons. The van der Waals surface area contributed by atoms with Crippen LogP contribution < -0.4 is 4.74 Å². The molecule has 1 aromatic rings. The van der Waals surface area contributed by atoms with Gasteiger partial charge in [0, 0.05) is 12.5 Å². The van der Waals surface area contributed by atoms with Gasteiger partial charge in [-0.3, -0.25) is 4.79 Å². The van der Waals surface area contributed by atoms with E-state index in [-0.39, 0.29) is 6.04 Å². The summed E-state index contributed by atoms with van der Waals surface area (Å²) in [5.41, 5.74) is 1.26. The molecule has 4 atom stereocenters. The minimum Gasteiger partial charge on any atom is -0.497 e. The van der Waals surface area contributed by atoms with Gasteiger partial charge in [-0.15, -0.1) is 0 Å². The van der Waals surface area contributed by atoms with Crippen molar-refractivity contribution < 1.29 is 9.53 Å². The van der Waals surface area contributed by atoms with Crippen molar-refractivity contribution in [1.82, 2.24) is 4.90 Å². The number of hydrogen-bond donors (Lipinski definition) is 0. The van der Waals surface area contributed by atoms with Gasteiger partial charge in [-0.05, 0) is 61.6 Å². The zero-order valence-corrected chi connectivity index (χ0v) is 13.3. The molecule has 1 heterocycles. The number of hydrogen-bond acceptors (Lipinski definition) is 2. The van der Waals surface area contributed by atoms with Crippen LogP contribution in [-0.2, 0) is 4.79 Å². The fourth-order valence-corrected chi connectivity index (χ4v) is 4.96. The van der Waals surface area contributed by atoms with Gasteiger partial charge in [0.15, 0.2) is 0 Å². The average Bonchev–Trinajstić information content (AvgIpc) is 3.30. The first kappa shape index (κ1) is 14.1. The van der Waals surface area contributed by atoms with E-state index in [1.54, 1.807) is 7.11 Å². The fourth-order valence-electron chi connectivity index (χ4n) is 4.96. The second-order valence-corrected chi connectivity index (χ2v) is 7.24. The second-order valence-electron chi connectivity index (χ2n) is 7.24. The molecule has 2 saturated carbocycles. The molecule has 22 heavy (non-hydrogen) atoms. The first-order chi connectivity index (χ1) is 10.8. The van der Waals surface area contributed by atoms with Crippen molar-refractivity contribution in [1.29, 1.82) is 0 Å². The molecule has 0 N–H and O–H groups in total. The number of amides is 1. The molecule has 3 aliphatic rings. The topological polar surface area (TPSA) is 29.5 Å². The van der Waals surface area contributed by atoms with Crippen molar-refractivity contribution in [3.63, 3.8) is 0 Å². The molecule has 1 aliphatic heterocycles. The third-order valence-electron chi connectivity index (χ3n) is 6.09. The molecule has 0 spiro atoms. The lowest BCUT2D eigenvalue weighted by atomic mass is 9.87. The van der Waals surface area contributed by atoms with Crippen LogP contribution in [0.5, 0.6) is 5.75 Å². The zero-order valence-electron chi connectivity index (χ0n) is 13.3. The van der Waals surface area contributed by atoms with Gasteiger partial charge in [0.2, 0.25) is 5.91 Å². The predicted octanol–water partition coefficient (Wildman–Crippen LogP) is 3.79. The van der Waals surface area contributed by atoms with E-state index >= 15 is 0 Å². The smallest absolute Gasteiger partial charge is 0.226 e. The Balaban J connectivity index is 1.51. The maximum absolute atomic E-state index is 13.0. The molecule has 1 saturated heterocycles. The molecule has 3 fully saturated rings. The summed E-state index contributed by atoms with van der Waals surface area (Å²) in [5.74, 6) is 3.14. The Morgan fingerprint density at radius 3 is 2.59 bits per heavy atom. The Morgan fingerprint density at radius 1 is 1.14 bits per heavy atom. The number of rotatable bonds is 3. The van der Waals surface area contributed by atoms with Crippen LogP contribution in [0, 0.1) is 17.8 Å². The summed E-state index contributed by atoms with van der Waals surface area (Å²) in [6.45, 7) is 0.934. The average molecular weight is 299 g/mol. The summed E-state index contributed by atoms with van der Waals surface area (Å²) in [7, 11) is 1.69. The Kier molecular flexibility index (Phi) is 3.59. The van der Waals surface area contributed by atoms with E-state index in [0.29, 0.717) is 17.7 Å². The van der Waals surface area contributed by atoms with Crippen molar-refractivity contribution in [3.05, 3.63) is 29.8 Å². The van der Waals surface area contributed by atoms with Crippen LogP contribution in [0.4, 0.5) is 0 Å². The molecule has 118 valence electrons. The molecule has 2 aliphatic carbocycles. The SMILES string of the molecule is COc1ccc(C2CCCN2C(=O)C2CC3CCC2C3)cc1. The minimum atomic E-state index is 0.275. The van der Waals surface area contributed by atoms with Crippen molar-refractivity contribution in [2.24, 2.45) is 17.8 Å². The molecule has 4 unspecified atom stereocenters. The van der Waals surface area contributed by atoms with E-state index in [9.17, 15) is 4.79 Å². The number of fused-ring (bicyclic) bond motifs is 2. The van der Waals surface area contributed by atoms with Crippen LogP contribution in [-0.4, -0.2) is 24.5 Å². The normalized spacial score (nSPS) is 33.4. The summed E-state index contributed by atoms with van der Waals surface area (Å²) in [4.78, 5) is 15.2. The second kappa shape index (κ2) is 5.60. The Hall–Kier alpha value is -1.51. The summed E-state index contributed by atoms with van der Waals surface area (Å²) in [6.07, 6.45) is 7.31. The van der Waals surface area contributed by atoms with Crippen LogP contribution in [0.2, 0.25) is 0 Å². The van der Waals surface area contributed by atoms with Gasteiger partial charge >= 0.3 is 0 Å². The van der Waals surface area contributed by atoms with Crippen LogP contribution >= 0.6 is 0 Å². The number of ether oxygens (including phenoxy) is 1. The van der Waals surface area contributed by atoms with Gasteiger partial charge in [-0.25, -0.2) is 0 Å². The standard InChI is InChI=1S/C19H25NO2/c1-22-16-8-6-14(7-9-16)18-3-2-10-20(18)19(21)17-12-13-4-5-15(17)11-13/h6-9,13,15,17-18H,2-5,10-12H2,1H3. The number of carbonyl (C=O) groups excluding carboxylic acids is 1. The lowest BCUT2D eigenvalue weighted by Gasteiger charge is -2.31. The highest BCUT2D eigenvalue weighted by atomic mass is 16.5. The molecule has 4 rings (SSSR count). The monoisotopic (exact) mass is 299 g/mol. The highest BCUT2D eigenvalue weighted by Crippen LogP contribution is 2.50. The maximum Gasteiger partial charge on any atom is 0.226 e. The van der Waals surface area contributed by atoms with E-state index < -0.39 is 0 Å². The van der Waals surface area contributed by atoms with Gasteiger partial charge in [-0.1, -0.05) is 18.6 Å². The van der Waals surface area contributed by atoms with E-state index in [0.717, 1.165) is 37.5 Å². The third kappa shape index (κ3) is 2.31. The highest BCUT2D eigenvalue weighted by Gasteiger charge is 2.46. The lowest BCUT2D eigenvalue weighted by Crippen LogP contribution is -2.37. The molecule has 1 amide bonds. The zero-order chi connectivity index (χ0) is 15.1. The summed E-state index contributed by atoms with van der Waals surface area (Å²) in [5, 5.41) is 0. The van der Waals surface area contributed by atoms with Gasteiger partial charge in [0.05, 0.1) is 13.2 Å². The number of nitrogens with zero attached hydrogens (tertiary/aromatic N) is 1. The van der Waals surface area contributed by atoms with Crippen LogP contribution in [0.25, 0.3) is 0 Å². The number of carbonyl (C=O) groups is 1. The fraction of sp³-hybridized carbons (Fsp3) is 0.632. The Bertz CT molecular complexity index is 553. The molecule has 3 nitrogen and oxygen atoms in total. The maximum atomic E-state index is 13.0. The highest BCUT2D eigenvalue weighted by molar-refractivity contribution is 5.80. The third-order valence-corrected chi connectivity index (χ3v) is 6.09. The molecule has 0 aromatic heterocycles. The van der Waals surface area contributed by atoms with Crippen LogP contribution in [0.1, 0.15) is 50.1 Å². The first-order valence-corrected chi connectivity index (χ1v) is 8.70. The number of methoxy groups -OCH3 is 1. The summed E-state index contributed by atoms with van der Waals surface area (Å²) >= 11 is 0. The van der Waals surface area contributed by atoms with Gasteiger partial charge in [0.25, 0.3) is 0 Å². The Labute approximate surface area is 132 Å². The van der Waals surface area contributed by atoms with E-state index in [1.807, 2.05) is 12.1 Å². The van der Waals surface area contributed by atoms with Crippen molar-refractivity contribution in [3.8, 4) is 5.75 Å². The van der Waals surface area contributed by atoms with Gasteiger partial charge < -0.3 is 9.64 Å². The summed E-state index contributed by atoms with van der Waals surface area (Å²) in [6, 6.07) is 8.53. The van der Waals surface area contributed by atoms with Crippen LogP contribution in [0.15, 0.2) is 24.3 Å². The molecular formula is C19H25NO2. The number of likely N-dealkylation sites (tertiary alicyclic amines) is 1. The molecular weight excluding hydrogens is 274 g/mol.